The summed E-state index contributed by atoms with van der Waals surface area (Å²) in [5, 5.41) is 0. The van der Waals surface area contributed by atoms with Gasteiger partial charge in [0, 0.05) is 5.54 Å². The molecule has 1 nitrogen and oxygen atoms in total. The molecule has 0 aliphatic rings. The van der Waals surface area contributed by atoms with Crippen LogP contribution >= 0.6 is 0 Å². The van der Waals surface area contributed by atoms with Gasteiger partial charge in [0.1, 0.15) is 0 Å². The molecule has 0 aliphatic heterocycles. The summed E-state index contributed by atoms with van der Waals surface area (Å²) in [7, 11) is 0. The quantitative estimate of drug-likeness (QED) is 0.829. The summed E-state index contributed by atoms with van der Waals surface area (Å²) < 4.78 is 0. The van der Waals surface area contributed by atoms with Crippen molar-refractivity contribution in [2.24, 2.45) is 5.73 Å². The lowest BCUT2D eigenvalue weighted by Crippen LogP contribution is -2.35. The third-order valence-electron chi connectivity index (χ3n) is 2.85. The molecule has 0 bridgehead atoms. The zero-order valence-electron chi connectivity index (χ0n) is 9.56. The van der Waals surface area contributed by atoms with E-state index < -0.39 is 0 Å². The van der Waals surface area contributed by atoms with Gasteiger partial charge in [0.05, 0.1) is 0 Å². The fourth-order valence-electron chi connectivity index (χ4n) is 1.94. The summed E-state index contributed by atoms with van der Waals surface area (Å²) in [5.74, 6) is 0. The number of nitrogens with two attached hydrogens (primary N) is 1. The van der Waals surface area contributed by atoms with Crippen molar-refractivity contribution in [3.63, 3.8) is 0 Å². The average molecular weight is 211 g/mol. The Labute approximate surface area is 96.9 Å². The second kappa shape index (κ2) is 4.50. The molecule has 0 saturated heterocycles. The van der Waals surface area contributed by atoms with Crippen LogP contribution in [0.15, 0.2) is 60.7 Å². The van der Waals surface area contributed by atoms with Gasteiger partial charge in [0.25, 0.3) is 0 Å². The molecule has 0 aliphatic carbocycles. The van der Waals surface area contributed by atoms with Crippen molar-refractivity contribution in [3.05, 3.63) is 71.8 Å². The first kappa shape index (κ1) is 10.9. The highest BCUT2D eigenvalue weighted by molar-refractivity contribution is 5.27. The molecule has 82 valence electrons. The predicted molar refractivity (Wildman–Crippen MR) is 68.1 cm³/mol. The second-order valence-corrected chi connectivity index (χ2v) is 4.45. The minimum absolute atomic E-state index is 0.303. The molecule has 0 radical (unpaired) electrons. The maximum Gasteiger partial charge on any atom is 0.0421 e. The first-order valence-electron chi connectivity index (χ1n) is 5.57. The van der Waals surface area contributed by atoms with Gasteiger partial charge in [-0.2, -0.15) is 0 Å². The molecule has 2 rings (SSSR count). The van der Waals surface area contributed by atoms with Gasteiger partial charge in [-0.05, 0) is 24.5 Å². The van der Waals surface area contributed by atoms with Gasteiger partial charge in [-0.1, -0.05) is 60.7 Å². The van der Waals surface area contributed by atoms with Crippen LogP contribution in [0.25, 0.3) is 0 Å². The summed E-state index contributed by atoms with van der Waals surface area (Å²) in [6.07, 6.45) is 0.859. The van der Waals surface area contributed by atoms with Gasteiger partial charge < -0.3 is 5.73 Å². The fourth-order valence-corrected chi connectivity index (χ4v) is 1.94. The molecule has 1 atom stereocenters. The van der Waals surface area contributed by atoms with Crippen LogP contribution in [0, 0.1) is 0 Å². The van der Waals surface area contributed by atoms with E-state index in [1.54, 1.807) is 0 Å². The number of hydrogen-bond acceptors (Lipinski definition) is 1. The third-order valence-corrected chi connectivity index (χ3v) is 2.85. The maximum absolute atomic E-state index is 6.37. The summed E-state index contributed by atoms with van der Waals surface area (Å²) in [6, 6.07) is 20.6. The van der Waals surface area contributed by atoms with Crippen molar-refractivity contribution in [2.45, 2.75) is 18.9 Å². The Morgan fingerprint density at radius 2 is 1.38 bits per heavy atom. The van der Waals surface area contributed by atoms with Crippen LogP contribution in [0.2, 0.25) is 0 Å². The second-order valence-electron chi connectivity index (χ2n) is 4.45. The Bertz CT molecular complexity index is 432. The molecule has 0 heterocycles. The first-order chi connectivity index (χ1) is 7.68. The molecule has 2 aromatic rings. The summed E-state index contributed by atoms with van der Waals surface area (Å²) in [6.45, 7) is 2.08. The van der Waals surface area contributed by atoms with E-state index in [0.29, 0.717) is 0 Å². The van der Waals surface area contributed by atoms with E-state index in [-0.39, 0.29) is 5.54 Å². The minimum Gasteiger partial charge on any atom is -0.321 e. The Morgan fingerprint density at radius 1 is 0.875 bits per heavy atom. The van der Waals surface area contributed by atoms with Crippen LogP contribution in [0.5, 0.6) is 0 Å². The Morgan fingerprint density at radius 3 is 1.94 bits per heavy atom. The molecule has 16 heavy (non-hydrogen) atoms. The maximum atomic E-state index is 6.37. The Hall–Kier alpha value is -1.60. The van der Waals surface area contributed by atoms with Gasteiger partial charge in [-0.25, -0.2) is 0 Å². The van der Waals surface area contributed by atoms with Crippen LogP contribution < -0.4 is 5.73 Å². The highest BCUT2D eigenvalue weighted by atomic mass is 14.7. The summed E-state index contributed by atoms with van der Waals surface area (Å²) in [4.78, 5) is 0. The van der Waals surface area contributed by atoms with Gasteiger partial charge >= 0.3 is 0 Å². The van der Waals surface area contributed by atoms with Crippen LogP contribution in [0.1, 0.15) is 18.1 Å². The lowest BCUT2D eigenvalue weighted by atomic mass is 9.87. The van der Waals surface area contributed by atoms with E-state index in [1.165, 1.54) is 11.1 Å². The molecule has 0 unspecified atom stereocenters. The van der Waals surface area contributed by atoms with Crippen LogP contribution in [0.3, 0.4) is 0 Å². The topological polar surface area (TPSA) is 26.0 Å². The third kappa shape index (κ3) is 2.50. The van der Waals surface area contributed by atoms with E-state index in [9.17, 15) is 0 Å². The fraction of sp³-hybridized carbons (Fsp3) is 0.200. The smallest absolute Gasteiger partial charge is 0.0421 e. The standard InChI is InChI=1S/C15H17N/c1-15(16,14-10-6-3-7-11-14)12-13-8-4-2-5-9-13/h2-11H,12,16H2,1H3/t15-/m1/s1. The lowest BCUT2D eigenvalue weighted by molar-refractivity contribution is 0.491. The van der Waals surface area contributed by atoms with E-state index >= 15 is 0 Å². The van der Waals surface area contributed by atoms with E-state index in [4.69, 9.17) is 5.73 Å². The Balaban J connectivity index is 2.21. The largest absolute Gasteiger partial charge is 0.321 e. The number of hydrogen-bond donors (Lipinski definition) is 1. The first-order valence-corrected chi connectivity index (χ1v) is 5.57. The number of rotatable bonds is 3. The molecule has 0 spiro atoms. The van der Waals surface area contributed by atoms with E-state index in [1.807, 2.05) is 24.3 Å². The molecule has 0 fully saturated rings. The van der Waals surface area contributed by atoms with Gasteiger partial charge in [-0.3, -0.25) is 0 Å². The van der Waals surface area contributed by atoms with Crippen molar-refractivity contribution >= 4 is 0 Å². The van der Waals surface area contributed by atoms with Gasteiger partial charge in [0.2, 0.25) is 0 Å². The molecule has 0 saturated carbocycles. The molecule has 2 aromatic carbocycles. The van der Waals surface area contributed by atoms with Crippen molar-refractivity contribution < 1.29 is 0 Å². The zero-order chi connectivity index (χ0) is 11.4. The zero-order valence-corrected chi connectivity index (χ0v) is 9.56. The SMILES string of the molecule is C[C@@](N)(Cc1ccccc1)c1ccccc1. The van der Waals surface area contributed by atoms with Crippen LogP contribution in [-0.2, 0) is 12.0 Å². The van der Waals surface area contributed by atoms with E-state index in [0.717, 1.165) is 6.42 Å². The summed E-state index contributed by atoms with van der Waals surface area (Å²) in [5.41, 5.74) is 8.52. The summed E-state index contributed by atoms with van der Waals surface area (Å²) >= 11 is 0. The van der Waals surface area contributed by atoms with Crippen molar-refractivity contribution in [1.29, 1.82) is 0 Å². The van der Waals surface area contributed by atoms with Crippen LogP contribution in [-0.4, -0.2) is 0 Å². The van der Waals surface area contributed by atoms with Crippen molar-refractivity contribution in [3.8, 4) is 0 Å². The highest BCUT2D eigenvalue weighted by Crippen LogP contribution is 2.22. The van der Waals surface area contributed by atoms with Crippen molar-refractivity contribution in [2.75, 3.05) is 0 Å². The number of benzene rings is 2. The van der Waals surface area contributed by atoms with Crippen LogP contribution in [0.4, 0.5) is 0 Å². The molecular weight excluding hydrogens is 194 g/mol. The van der Waals surface area contributed by atoms with Gasteiger partial charge in [0.15, 0.2) is 0 Å². The highest BCUT2D eigenvalue weighted by Gasteiger charge is 2.20. The van der Waals surface area contributed by atoms with Crippen molar-refractivity contribution in [1.82, 2.24) is 0 Å². The minimum atomic E-state index is -0.303. The lowest BCUT2D eigenvalue weighted by Gasteiger charge is -2.25. The molecular formula is C15H17N. The molecule has 1 heteroatoms. The average Bonchev–Trinajstić information content (AvgIpc) is 2.31. The molecule has 0 aromatic heterocycles. The molecule has 2 N–H and O–H groups in total. The normalized spacial score (nSPS) is 14.4. The predicted octanol–water partition coefficient (Wildman–Crippen LogP) is 3.10. The monoisotopic (exact) mass is 211 g/mol. The van der Waals surface area contributed by atoms with Gasteiger partial charge in [-0.15, -0.1) is 0 Å². The Kier molecular flexibility index (Phi) is 3.07. The molecule has 0 amide bonds. The van der Waals surface area contributed by atoms with E-state index in [2.05, 4.69) is 43.3 Å².